The number of rotatable bonds is 1. The fraction of sp³-hybridized carbons (Fsp3) is 0.278. The Kier molecular flexibility index (Phi) is 2.51. The first-order valence-corrected chi connectivity index (χ1v) is 7.28. The Balaban J connectivity index is 1.86. The molecule has 0 aliphatic carbocycles. The number of amides is 1. The second-order valence-electron chi connectivity index (χ2n) is 6.19. The van der Waals surface area contributed by atoms with Crippen molar-refractivity contribution in [1.82, 2.24) is 4.90 Å². The lowest BCUT2D eigenvalue weighted by atomic mass is 9.88. The van der Waals surface area contributed by atoms with E-state index >= 15 is 0 Å². The maximum Gasteiger partial charge on any atom is 0.255 e. The van der Waals surface area contributed by atoms with E-state index in [1.165, 1.54) is 0 Å². The highest BCUT2D eigenvalue weighted by molar-refractivity contribution is 6.00. The van der Waals surface area contributed by atoms with Gasteiger partial charge in [-0.2, -0.15) is 0 Å². The van der Waals surface area contributed by atoms with Crippen LogP contribution in [0.15, 0.2) is 54.6 Å². The molecule has 2 aromatic rings. The van der Waals surface area contributed by atoms with E-state index in [4.69, 9.17) is 0 Å². The van der Waals surface area contributed by atoms with E-state index in [1.807, 2.05) is 66.4 Å². The van der Waals surface area contributed by atoms with Crippen molar-refractivity contribution in [2.45, 2.75) is 31.0 Å². The summed E-state index contributed by atoms with van der Waals surface area (Å²) in [5.74, 6) is 0.0298. The van der Waals surface area contributed by atoms with Crippen LogP contribution in [-0.2, 0) is 0 Å². The lowest BCUT2D eigenvalue weighted by molar-refractivity contribution is 0.0182. The minimum Gasteiger partial charge on any atom is -0.388 e. The smallest absolute Gasteiger partial charge is 0.255 e. The number of benzene rings is 2. The first kappa shape index (κ1) is 12.6. The Morgan fingerprint density at radius 1 is 1.10 bits per heavy atom. The molecule has 21 heavy (non-hydrogen) atoms. The lowest BCUT2D eigenvalue weighted by Crippen LogP contribution is -2.36. The summed E-state index contributed by atoms with van der Waals surface area (Å²) in [5, 5.41) is 10.9. The van der Waals surface area contributed by atoms with Gasteiger partial charge in [-0.1, -0.05) is 48.5 Å². The van der Waals surface area contributed by atoms with E-state index < -0.39 is 5.60 Å². The molecule has 1 fully saturated rings. The normalized spacial score (nSPS) is 30.4. The summed E-state index contributed by atoms with van der Waals surface area (Å²) < 4.78 is 0. The van der Waals surface area contributed by atoms with Crippen molar-refractivity contribution >= 4 is 5.91 Å². The second-order valence-corrected chi connectivity index (χ2v) is 6.19. The summed E-state index contributed by atoms with van der Waals surface area (Å²) in [6, 6.07) is 17.3. The average molecular weight is 279 g/mol. The lowest BCUT2D eigenvalue weighted by Gasteiger charge is -2.31. The van der Waals surface area contributed by atoms with Crippen molar-refractivity contribution in [3.8, 4) is 0 Å². The van der Waals surface area contributed by atoms with Gasteiger partial charge < -0.3 is 10.0 Å². The molecular formula is C18H17NO2. The summed E-state index contributed by atoms with van der Waals surface area (Å²) in [7, 11) is 0. The maximum atomic E-state index is 12.8. The van der Waals surface area contributed by atoms with Crippen LogP contribution in [-0.4, -0.2) is 21.5 Å². The van der Waals surface area contributed by atoms with Crippen LogP contribution in [0.5, 0.6) is 0 Å². The van der Waals surface area contributed by atoms with Gasteiger partial charge in [0.05, 0.1) is 17.7 Å². The third-order valence-corrected chi connectivity index (χ3v) is 4.71. The summed E-state index contributed by atoms with van der Waals surface area (Å²) in [4.78, 5) is 14.6. The molecule has 1 saturated heterocycles. The molecule has 0 unspecified atom stereocenters. The van der Waals surface area contributed by atoms with Crippen LogP contribution in [0.25, 0.3) is 0 Å². The molecule has 1 N–H and O–H groups in total. The van der Waals surface area contributed by atoms with Crippen molar-refractivity contribution in [2.75, 3.05) is 0 Å². The molecule has 2 aliphatic heterocycles. The van der Waals surface area contributed by atoms with Crippen molar-refractivity contribution < 1.29 is 9.90 Å². The fourth-order valence-corrected chi connectivity index (χ4v) is 3.88. The molecule has 1 amide bonds. The van der Waals surface area contributed by atoms with E-state index in [9.17, 15) is 9.90 Å². The average Bonchev–Trinajstić information content (AvgIpc) is 2.91. The van der Waals surface area contributed by atoms with Crippen LogP contribution in [0.2, 0.25) is 0 Å². The summed E-state index contributed by atoms with van der Waals surface area (Å²) in [6.07, 6.45) is 0.579. The minimum atomic E-state index is -0.908. The molecule has 3 nitrogen and oxygen atoms in total. The van der Waals surface area contributed by atoms with E-state index in [-0.39, 0.29) is 18.0 Å². The van der Waals surface area contributed by atoms with Gasteiger partial charge in [0.15, 0.2) is 0 Å². The first-order chi connectivity index (χ1) is 10.1. The van der Waals surface area contributed by atoms with Crippen molar-refractivity contribution in [3.05, 3.63) is 71.3 Å². The number of hydrogen-bond acceptors (Lipinski definition) is 2. The number of nitrogens with zero attached hydrogens (tertiary/aromatic N) is 1. The molecule has 0 bridgehead atoms. The number of fused-ring (bicyclic) bond motifs is 3. The van der Waals surface area contributed by atoms with Crippen LogP contribution in [0.3, 0.4) is 0 Å². The largest absolute Gasteiger partial charge is 0.388 e. The van der Waals surface area contributed by atoms with E-state index in [1.54, 1.807) is 0 Å². The zero-order chi connectivity index (χ0) is 14.6. The number of carbonyl (C=O) groups is 1. The van der Waals surface area contributed by atoms with Gasteiger partial charge in [-0.25, -0.2) is 0 Å². The van der Waals surface area contributed by atoms with Crippen LogP contribution in [0.1, 0.15) is 46.9 Å². The highest BCUT2D eigenvalue weighted by Crippen LogP contribution is 2.54. The molecule has 106 valence electrons. The van der Waals surface area contributed by atoms with Crippen molar-refractivity contribution in [1.29, 1.82) is 0 Å². The minimum absolute atomic E-state index is 0.0195. The fourth-order valence-electron chi connectivity index (χ4n) is 3.88. The molecule has 0 spiro atoms. The third-order valence-electron chi connectivity index (χ3n) is 4.71. The van der Waals surface area contributed by atoms with E-state index in [0.717, 1.165) is 16.7 Å². The standard InChI is InChI=1S/C18H17NO2/c1-18(21)11-15-13-9-5-6-10-14(13)17(20)19(15)16(18)12-7-3-2-4-8-12/h2-10,15-16,21H,11H2,1H3/t15-,16+,18-/m1/s1. The monoisotopic (exact) mass is 279 g/mol. The van der Waals surface area contributed by atoms with Gasteiger partial charge in [0.25, 0.3) is 5.91 Å². The second kappa shape index (κ2) is 4.18. The Labute approximate surface area is 123 Å². The van der Waals surface area contributed by atoms with Gasteiger partial charge >= 0.3 is 0 Å². The van der Waals surface area contributed by atoms with Crippen molar-refractivity contribution in [2.24, 2.45) is 0 Å². The van der Waals surface area contributed by atoms with Crippen LogP contribution >= 0.6 is 0 Å². The van der Waals surface area contributed by atoms with Gasteiger partial charge in [0, 0.05) is 12.0 Å². The molecule has 0 aromatic heterocycles. The highest BCUT2D eigenvalue weighted by atomic mass is 16.3. The zero-order valence-corrected chi connectivity index (χ0v) is 11.9. The predicted molar refractivity (Wildman–Crippen MR) is 79.8 cm³/mol. The van der Waals surface area contributed by atoms with Gasteiger partial charge in [-0.3, -0.25) is 4.79 Å². The number of carbonyl (C=O) groups excluding carboxylic acids is 1. The molecule has 3 heteroatoms. The van der Waals surface area contributed by atoms with Crippen molar-refractivity contribution in [3.63, 3.8) is 0 Å². The number of aliphatic hydroxyl groups is 1. The van der Waals surface area contributed by atoms with Gasteiger partial charge in [0.1, 0.15) is 0 Å². The third kappa shape index (κ3) is 1.67. The van der Waals surface area contributed by atoms with Crippen LogP contribution < -0.4 is 0 Å². The predicted octanol–water partition coefficient (Wildman–Crippen LogP) is 3.08. The molecular weight excluding hydrogens is 262 g/mol. The molecule has 2 heterocycles. The van der Waals surface area contributed by atoms with Gasteiger partial charge in [-0.15, -0.1) is 0 Å². The molecule has 0 saturated carbocycles. The zero-order valence-electron chi connectivity index (χ0n) is 11.9. The van der Waals surface area contributed by atoms with E-state index in [0.29, 0.717) is 6.42 Å². The Hall–Kier alpha value is -2.13. The Bertz CT molecular complexity index is 708. The Morgan fingerprint density at radius 3 is 2.52 bits per heavy atom. The SMILES string of the molecule is C[C@@]1(O)C[C@@H]2c3ccccc3C(=O)N2[C@H]1c1ccccc1. The quantitative estimate of drug-likeness (QED) is 0.871. The van der Waals surface area contributed by atoms with Gasteiger partial charge in [0.2, 0.25) is 0 Å². The first-order valence-electron chi connectivity index (χ1n) is 7.28. The van der Waals surface area contributed by atoms with Gasteiger partial charge in [-0.05, 0) is 24.1 Å². The topological polar surface area (TPSA) is 40.5 Å². The molecule has 4 rings (SSSR count). The highest BCUT2D eigenvalue weighted by Gasteiger charge is 2.55. The van der Waals surface area contributed by atoms with Crippen LogP contribution in [0, 0.1) is 0 Å². The summed E-state index contributed by atoms with van der Waals surface area (Å²) in [5.41, 5.74) is 1.90. The molecule has 0 radical (unpaired) electrons. The summed E-state index contributed by atoms with van der Waals surface area (Å²) in [6.45, 7) is 1.83. The maximum absolute atomic E-state index is 12.8. The summed E-state index contributed by atoms with van der Waals surface area (Å²) >= 11 is 0. The van der Waals surface area contributed by atoms with E-state index in [2.05, 4.69) is 0 Å². The van der Waals surface area contributed by atoms with Crippen LogP contribution in [0.4, 0.5) is 0 Å². The Morgan fingerprint density at radius 2 is 1.76 bits per heavy atom. The molecule has 3 atom stereocenters. The molecule has 2 aromatic carbocycles. The molecule has 2 aliphatic rings. The number of hydrogen-bond donors (Lipinski definition) is 1.